The zero-order chi connectivity index (χ0) is 11.3. The fourth-order valence-electron chi connectivity index (χ4n) is 2.25. The summed E-state index contributed by atoms with van der Waals surface area (Å²) in [4.78, 5) is 13.6. The molecule has 0 atom stereocenters. The second-order valence-electron chi connectivity index (χ2n) is 4.54. The van der Waals surface area contributed by atoms with Gasteiger partial charge < -0.3 is 10.2 Å². The van der Waals surface area contributed by atoms with E-state index < -0.39 is 0 Å². The van der Waals surface area contributed by atoms with Crippen LogP contribution in [0.4, 0.5) is 0 Å². The number of hydrogen-bond acceptors (Lipinski definition) is 2. The molecule has 0 spiro atoms. The lowest BCUT2D eigenvalue weighted by molar-refractivity contribution is -0.121. The third-order valence-electron chi connectivity index (χ3n) is 3.42. The molecule has 0 aliphatic heterocycles. The molecule has 1 saturated carbocycles. The van der Waals surface area contributed by atoms with Crippen molar-refractivity contribution in [3.05, 3.63) is 0 Å². The third-order valence-corrected chi connectivity index (χ3v) is 3.61. The normalized spacial score (nSPS) is 19.5. The zero-order valence-electron chi connectivity index (χ0n) is 9.68. The molecule has 0 saturated heterocycles. The van der Waals surface area contributed by atoms with E-state index in [-0.39, 0.29) is 11.4 Å². The van der Waals surface area contributed by atoms with Gasteiger partial charge in [0.15, 0.2) is 0 Å². The van der Waals surface area contributed by atoms with Crippen molar-refractivity contribution in [3.63, 3.8) is 0 Å². The number of nitrogens with zero attached hydrogens (tertiary/aromatic N) is 1. The number of rotatable bonds is 5. The number of likely N-dealkylation sites (N-methyl/N-ethyl adjacent to an activating group) is 1. The Labute approximate surface area is 97.2 Å². The van der Waals surface area contributed by atoms with Crippen LogP contribution in [0.15, 0.2) is 0 Å². The number of hydrogen-bond donors (Lipinski definition) is 1. The minimum absolute atomic E-state index is 0.0677. The Hall–Kier alpha value is -0.280. The summed E-state index contributed by atoms with van der Waals surface area (Å²) in [6, 6.07) is 0. The second-order valence-corrected chi connectivity index (χ2v) is 4.92. The number of carbonyl (C=O) groups excluding carboxylic acids is 1. The molecular formula is C11H21ClN2O. The summed E-state index contributed by atoms with van der Waals surface area (Å²) in [6.45, 7) is 0.760. The van der Waals surface area contributed by atoms with Crippen LogP contribution in [-0.4, -0.2) is 42.9 Å². The predicted molar refractivity (Wildman–Crippen MR) is 63.2 cm³/mol. The Balaban J connectivity index is 2.42. The number of alkyl halides is 1. The van der Waals surface area contributed by atoms with E-state index in [0.29, 0.717) is 12.3 Å². The number of halogens is 1. The van der Waals surface area contributed by atoms with Crippen molar-refractivity contribution in [2.75, 3.05) is 26.5 Å². The van der Waals surface area contributed by atoms with E-state index in [1.54, 1.807) is 0 Å². The first-order valence-corrected chi connectivity index (χ1v) is 6.14. The van der Waals surface area contributed by atoms with Crippen LogP contribution in [0.5, 0.6) is 0 Å². The van der Waals surface area contributed by atoms with Gasteiger partial charge in [-0.1, -0.05) is 12.8 Å². The topological polar surface area (TPSA) is 32.3 Å². The summed E-state index contributed by atoms with van der Waals surface area (Å²) in [6.07, 6.45) is 5.32. The first-order valence-electron chi connectivity index (χ1n) is 5.61. The average Bonchev–Trinajstić information content (AvgIpc) is 2.65. The van der Waals surface area contributed by atoms with Crippen molar-refractivity contribution in [1.82, 2.24) is 10.2 Å². The second kappa shape index (κ2) is 5.71. The Morgan fingerprint density at radius 2 is 2.00 bits per heavy atom. The molecular weight excluding hydrogens is 212 g/mol. The van der Waals surface area contributed by atoms with Crippen LogP contribution in [0.3, 0.4) is 0 Å². The molecule has 0 heterocycles. The molecule has 1 fully saturated rings. The van der Waals surface area contributed by atoms with Gasteiger partial charge in [0.05, 0.1) is 0 Å². The highest BCUT2D eigenvalue weighted by molar-refractivity contribution is 6.18. The lowest BCUT2D eigenvalue weighted by atomic mass is 9.96. The molecule has 0 bridgehead atoms. The molecule has 0 radical (unpaired) electrons. The molecule has 15 heavy (non-hydrogen) atoms. The van der Waals surface area contributed by atoms with Gasteiger partial charge in [0, 0.05) is 24.4 Å². The largest absolute Gasteiger partial charge is 0.354 e. The summed E-state index contributed by atoms with van der Waals surface area (Å²) in [7, 11) is 4.19. The quantitative estimate of drug-likeness (QED) is 0.731. The highest BCUT2D eigenvalue weighted by Crippen LogP contribution is 2.32. The predicted octanol–water partition coefficient (Wildman–Crippen LogP) is 1.61. The van der Waals surface area contributed by atoms with Gasteiger partial charge in [-0.05, 0) is 26.9 Å². The Kier molecular flexibility index (Phi) is 4.87. The minimum Gasteiger partial charge on any atom is -0.354 e. The maximum atomic E-state index is 11.4. The summed E-state index contributed by atoms with van der Waals surface area (Å²) >= 11 is 5.52. The lowest BCUT2D eigenvalue weighted by Gasteiger charge is -2.36. The van der Waals surface area contributed by atoms with Gasteiger partial charge in [0.2, 0.25) is 5.91 Å². The standard InChI is InChI=1S/C11H21ClN2O/c1-14(2)11(6-3-4-7-11)9-13-10(15)5-8-12/h3-9H2,1-2H3,(H,13,15). The van der Waals surface area contributed by atoms with E-state index in [1.165, 1.54) is 25.7 Å². The van der Waals surface area contributed by atoms with Crippen LogP contribution in [0.25, 0.3) is 0 Å². The maximum absolute atomic E-state index is 11.4. The molecule has 1 aliphatic rings. The number of amides is 1. The van der Waals surface area contributed by atoms with Gasteiger partial charge >= 0.3 is 0 Å². The van der Waals surface area contributed by atoms with Gasteiger partial charge in [-0.2, -0.15) is 0 Å². The first-order chi connectivity index (χ1) is 7.10. The number of nitrogens with one attached hydrogen (secondary N) is 1. The van der Waals surface area contributed by atoms with Crippen molar-refractivity contribution < 1.29 is 4.79 Å². The van der Waals surface area contributed by atoms with Crippen LogP contribution in [0.2, 0.25) is 0 Å². The van der Waals surface area contributed by atoms with Gasteiger partial charge in [-0.3, -0.25) is 4.79 Å². The van der Waals surface area contributed by atoms with Crippen molar-refractivity contribution >= 4 is 17.5 Å². The van der Waals surface area contributed by atoms with Crippen molar-refractivity contribution in [3.8, 4) is 0 Å². The Morgan fingerprint density at radius 3 is 2.47 bits per heavy atom. The van der Waals surface area contributed by atoms with Crippen LogP contribution >= 0.6 is 11.6 Å². The molecule has 0 aromatic heterocycles. The van der Waals surface area contributed by atoms with E-state index in [0.717, 1.165) is 6.54 Å². The Morgan fingerprint density at radius 1 is 1.40 bits per heavy atom. The first kappa shape index (κ1) is 12.8. The third kappa shape index (κ3) is 3.35. The monoisotopic (exact) mass is 232 g/mol. The summed E-state index contributed by atoms with van der Waals surface area (Å²) in [5.41, 5.74) is 0.183. The van der Waals surface area contributed by atoms with Gasteiger partial charge in [-0.15, -0.1) is 11.6 Å². The molecule has 0 unspecified atom stereocenters. The number of carbonyl (C=O) groups is 1. The molecule has 1 N–H and O–H groups in total. The minimum atomic E-state index is 0.0677. The summed E-state index contributed by atoms with van der Waals surface area (Å²) in [5, 5.41) is 2.98. The molecule has 1 amide bonds. The van der Waals surface area contributed by atoms with Crippen LogP contribution < -0.4 is 5.32 Å². The van der Waals surface area contributed by atoms with Crippen molar-refractivity contribution in [1.29, 1.82) is 0 Å². The molecule has 1 rings (SSSR count). The van der Waals surface area contributed by atoms with Crippen LogP contribution in [0, 0.1) is 0 Å². The summed E-state index contributed by atoms with van der Waals surface area (Å²) in [5.74, 6) is 0.471. The SMILES string of the molecule is CN(C)C1(CNC(=O)CCCl)CCCC1. The van der Waals surface area contributed by atoms with Gasteiger partial charge in [-0.25, -0.2) is 0 Å². The van der Waals surface area contributed by atoms with Gasteiger partial charge in [0.25, 0.3) is 0 Å². The highest BCUT2D eigenvalue weighted by atomic mass is 35.5. The highest BCUT2D eigenvalue weighted by Gasteiger charge is 2.35. The maximum Gasteiger partial charge on any atom is 0.221 e. The van der Waals surface area contributed by atoms with Gasteiger partial charge in [0.1, 0.15) is 0 Å². The molecule has 88 valence electrons. The van der Waals surface area contributed by atoms with E-state index >= 15 is 0 Å². The fourth-order valence-corrected chi connectivity index (χ4v) is 2.42. The van der Waals surface area contributed by atoms with Crippen molar-refractivity contribution in [2.24, 2.45) is 0 Å². The van der Waals surface area contributed by atoms with Crippen LogP contribution in [0.1, 0.15) is 32.1 Å². The lowest BCUT2D eigenvalue weighted by Crippen LogP contribution is -2.50. The zero-order valence-corrected chi connectivity index (χ0v) is 10.4. The van der Waals surface area contributed by atoms with Crippen molar-refractivity contribution in [2.45, 2.75) is 37.6 Å². The molecule has 1 aliphatic carbocycles. The van der Waals surface area contributed by atoms with E-state index in [1.807, 2.05) is 0 Å². The fraction of sp³-hybridized carbons (Fsp3) is 0.909. The smallest absolute Gasteiger partial charge is 0.221 e. The van der Waals surface area contributed by atoms with Crippen LogP contribution in [-0.2, 0) is 4.79 Å². The Bertz CT molecular complexity index is 213. The molecule has 3 nitrogen and oxygen atoms in total. The van der Waals surface area contributed by atoms with E-state index in [2.05, 4.69) is 24.3 Å². The average molecular weight is 233 g/mol. The van der Waals surface area contributed by atoms with E-state index in [9.17, 15) is 4.79 Å². The molecule has 4 heteroatoms. The summed E-state index contributed by atoms with van der Waals surface area (Å²) < 4.78 is 0. The molecule has 0 aromatic rings. The van der Waals surface area contributed by atoms with E-state index in [4.69, 9.17) is 11.6 Å². The molecule has 0 aromatic carbocycles.